The Labute approximate surface area is 169 Å². The number of rotatable bonds is 6. The lowest BCUT2D eigenvalue weighted by Gasteiger charge is -2.19. The molecule has 0 saturated heterocycles. The first-order chi connectivity index (χ1) is 13.7. The minimum absolute atomic E-state index is 0.235. The van der Waals surface area contributed by atoms with E-state index in [0.717, 1.165) is 11.3 Å². The molecular formula is C21H26N4O4. The van der Waals surface area contributed by atoms with Crippen LogP contribution in [0.1, 0.15) is 47.8 Å². The molecule has 0 bridgehead atoms. The number of nitrogens with one attached hydrogen (secondary N) is 2. The van der Waals surface area contributed by atoms with Crippen LogP contribution in [0, 0.1) is 26.7 Å². The van der Waals surface area contributed by atoms with Crippen molar-refractivity contribution in [1.82, 2.24) is 20.8 Å². The van der Waals surface area contributed by atoms with Crippen LogP contribution >= 0.6 is 0 Å². The van der Waals surface area contributed by atoms with E-state index in [4.69, 9.17) is 8.94 Å². The van der Waals surface area contributed by atoms with E-state index in [1.54, 1.807) is 20.0 Å². The smallest absolute Gasteiger partial charge is 0.259 e. The van der Waals surface area contributed by atoms with E-state index in [-0.39, 0.29) is 23.4 Å². The lowest BCUT2D eigenvalue weighted by Crippen LogP contribution is -2.46. The number of amides is 2. The van der Waals surface area contributed by atoms with Crippen LogP contribution in [0.2, 0.25) is 0 Å². The number of carbonyl (C=O) groups is 2. The Balaban J connectivity index is 2.07. The molecule has 0 aromatic carbocycles. The number of likely N-dealkylation sites (N-methyl/N-ethyl adjacent to an activating group) is 1. The number of hydrogen-bond donors (Lipinski definition) is 2. The third-order valence-electron chi connectivity index (χ3n) is 4.75. The number of aromatic nitrogens is 2. The maximum Gasteiger partial charge on any atom is 0.259 e. The van der Waals surface area contributed by atoms with Crippen molar-refractivity contribution in [1.29, 1.82) is 0 Å². The zero-order chi connectivity index (χ0) is 21.3. The van der Waals surface area contributed by atoms with Gasteiger partial charge in [0.1, 0.15) is 17.6 Å². The normalized spacial score (nSPS) is 12.4. The number of nitrogens with zero attached hydrogens (tertiary/aromatic N) is 2. The summed E-state index contributed by atoms with van der Waals surface area (Å²) in [6.45, 7) is 9.44. The molecule has 0 radical (unpaired) electrons. The monoisotopic (exact) mass is 398 g/mol. The highest BCUT2D eigenvalue weighted by molar-refractivity contribution is 6.08. The Hall–Kier alpha value is -3.16. The Bertz CT molecular complexity index is 1060. The molecule has 8 heteroatoms. The van der Waals surface area contributed by atoms with Gasteiger partial charge in [0.05, 0.1) is 22.3 Å². The van der Waals surface area contributed by atoms with Crippen molar-refractivity contribution in [2.75, 3.05) is 7.05 Å². The zero-order valence-corrected chi connectivity index (χ0v) is 17.5. The Morgan fingerprint density at radius 3 is 2.48 bits per heavy atom. The van der Waals surface area contributed by atoms with Crippen LogP contribution in [-0.4, -0.2) is 35.0 Å². The zero-order valence-electron chi connectivity index (χ0n) is 17.5. The summed E-state index contributed by atoms with van der Waals surface area (Å²) in [6.07, 6.45) is 0.523. The van der Waals surface area contributed by atoms with Gasteiger partial charge in [0.25, 0.3) is 11.6 Å². The van der Waals surface area contributed by atoms with Crippen LogP contribution in [0.5, 0.6) is 0 Å². The molecule has 0 aliphatic carbocycles. The molecule has 1 atom stereocenters. The maximum atomic E-state index is 13.2. The fourth-order valence-corrected chi connectivity index (χ4v) is 3.41. The second-order valence-corrected chi connectivity index (χ2v) is 7.60. The number of aryl methyl sites for hydroxylation is 3. The standard InChI is InChI=1S/C21H26N4O4/c1-10(2)7-17(20(27)22-6)23-19(26)15-9-16(14-8-11(3)28-13(14)5)24-21-18(15)12(4)25-29-21/h8-10,17H,7H2,1-6H3,(H,22,27)(H,23,26)/t17-/m0/s1. The predicted octanol–water partition coefficient (Wildman–Crippen LogP) is 3.30. The van der Waals surface area contributed by atoms with Gasteiger partial charge in [-0.15, -0.1) is 0 Å². The molecule has 8 nitrogen and oxygen atoms in total. The molecular weight excluding hydrogens is 372 g/mol. The van der Waals surface area contributed by atoms with Gasteiger partial charge in [0, 0.05) is 12.6 Å². The van der Waals surface area contributed by atoms with Crippen molar-refractivity contribution < 1.29 is 18.5 Å². The molecule has 0 spiro atoms. The second kappa shape index (κ2) is 8.06. The summed E-state index contributed by atoms with van der Waals surface area (Å²) < 4.78 is 10.9. The van der Waals surface area contributed by atoms with E-state index in [2.05, 4.69) is 20.8 Å². The Kier molecular flexibility index (Phi) is 5.72. The first-order valence-corrected chi connectivity index (χ1v) is 9.58. The first-order valence-electron chi connectivity index (χ1n) is 9.58. The van der Waals surface area contributed by atoms with Gasteiger partial charge in [-0.05, 0) is 45.2 Å². The molecule has 3 heterocycles. The average molecular weight is 398 g/mol. The van der Waals surface area contributed by atoms with Crippen molar-refractivity contribution in [2.45, 2.75) is 47.1 Å². The third-order valence-corrected chi connectivity index (χ3v) is 4.75. The SMILES string of the molecule is CNC(=O)[C@H](CC(C)C)NC(=O)c1cc(-c2cc(C)oc2C)nc2onc(C)c12. The van der Waals surface area contributed by atoms with Crippen LogP contribution in [0.15, 0.2) is 21.1 Å². The minimum Gasteiger partial charge on any atom is -0.466 e. The van der Waals surface area contributed by atoms with E-state index in [9.17, 15) is 9.59 Å². The molecule has 2 amide bonds. The highest BCUT2D eigenvalue weighted by atomic mass is 16.5. The molecule has 29 heavy (non-hydrogen) atoms. The van der Waals surface area contributed by atoms with Crippen LogP contribution in [0.3, 0.4) is 0 Å². The quantitative estimate of drug-likeness (QED) is 0.659. The summed E-state index contributed by atoms with van der Waals surface area (Å²) in [4.78, 5) is 29.9. The highest BCUT2D eigenvalue weighted by Crippen LogP contribution is 2.30. The van der Waals surface area contributed by atoms with Gasteiger partial charge >= 0.3 is 0 Å². The molecule has 2 N–H and O–H groups in total. The minimum atomic E-state index is -0.641. The maximum absolute atomic E-state index is 13.2. The van der Waals surface area contributed by atoms with E-state index in [0.29, 0.717) is 34.5 Å². The summed E-state index contributed by atoms with van der Waals surface area (Å²) >= 11 is 0. The molecule has 3 aromatic heterocycles. The summed E-state index contributed by atoms with van der Waals surface area (Å²) in [5.74, 6) is 1.06. The second-order valence-electron chi connectivity index (χ2n) is 7.60. The third kappa shape index (κ3) is 4.16. The van der Waals surface area contributed by atoms with Crippen molar-refractivity contribution in [2.24, 2.45) is 5.92 Å². The van der Waals surface area contributed by atoms with Crippen molar-refractivity contribution in [3.8, 4) is 11.3 Å². The highest BCUT2D eigenvalue weighted by Gasteiger charge is 2.25. The van der Waals surface area contributed by atoms with Gasteiger partial charge in [-0.3, -0.25) is 9.59 Å². The van der Waals surface area contributed by atoms with E-state index >= 15 is 0 Å². The largest absolute Gasteiger partial charge is 0.466 e. The lowest BCUT2D eigenvalue weighted by atomic mass is 10.0. The summed E-state index contributed by atoms with van der Waals surface area (Å²) in [5, 5.41) is 9.95. The summed E-state index contributed by atoms with van der Waals surface area (Å²) in [6, 6.07) is 2.91. The van der Waals surface area contributed by atoms with Crippen LogP contribution in [-0.2, 0) is 4.79 Å². The van der Waals surface area contributed by atoms with Crippen molar-refractivity contribution in [3.63, 3.8) is 0 Å². The van der Waals surface area contributed by atoms with Crippen molar-refractivity contribution in [3.05, 3.63) is 34.9 Å². The number of hydrogen-bond acceptors (Lipinski definition) is 6. The Morgan fingerprint density at radius 1 is 1.17 bits per heavy atom. The van der Waals surface area contributed by atoms with Gasteiger partial charge in [0.2, 0.25) is 5.91 Å². The first kappa shape index (κ1) is 20.6. The van der Waals surface area contributed by atoms with Gasteiger partial charge in [-0.25, -0.2) is 4.98 Å². The van der Waals surface area contributed by atoms with Crippen LogP contribution < -0.4 is 10.6 Å². The molecule has 0 aliphatic heterocycles. The molecule has 0 unspecified atom stereocenters. The number of carbonyl (C=O) groups excluding carboxylic acids is 2. The van der Waals surface area contributed by atoms with Crippen LogP contribution in [0.4, 0.5) is 0 Å². The van der Waals surface area contributed by atoms with Gasteiger partial charge in [0.15, 0.2) is 0 Å². The van der Waals surface area contributed by atoms with E-state index in [1.165, 1.54) is 0 Å². The topological polar surface area (TPSA) is 110 Å². The van der Waals surface area contributed by atoms with E-state index in [1.807, 2.05) is 33.8 Å². The molecule has 0 aliphatic rings. The summed E-state index contributed by atoms with van der Waals surface area (Å²) in [5.41, 5.74) is 2.51. The average Bonchev–Trinajstić information content (AvgIpc) is 3.20. The van der Waals surface area contributed by atoms with Gasteiger partial charge in [-0.1, -0.05) is 19.0 Å². The molecule has 154 valence electrons. The van der Waals surface area contributed by atoms with Crippen LogP contribution in [0.25, 0.3) is 22.4 Å². The fraction of sp³-hybridized carbons (Fsp3) is 0.429. The van der Waals surface area contributed by atoms with Crippen molar-refractivity contribution >= 4 is 22.9 Å². The molecule has 0 fully saturated rings. The lowest BCUT2D eigenvalue weighted by molar-refractivity contribution is -0.122. The van der Waals surface area contributed by atoms with Gasteiger partial charge < -0.3 is 19.6 Å². The summed E-state index contributed by atoms with van der Waals surface area (Å²) in [7, 11) is 1.55. The molecule has 0 saturated carbocycles. The number of furan rings is 1. The molecule has 3 rings (SSSR count). The van der Waals surface area contributed by atoms with Gasteiger partial charge in [-0.2, -0.15) is 0 Å². The number of fused-ring (bicyclic) bond motifs is 1. The number of pyridine rings is 1. The fourth-order valence-electron chi connectivity index (χ4n) is 3.41. The van der Waals surface area contributed by atoms with E-state index < -0.39 is 6.04 Å². The predicted molar refractivity (Wildman–Crippen MR) is 108 cm³/mol. The molecule has 3 aromatic rings. The Morgan fingerprint density at radius 2 is 1.90 bits per heavy atom.